The molecular formula is C21H18N2O2. The van der Waals surface area contributed by atoms with Crippen LogP contribution in [0.15, 0.2) is 71.5 Å². The number of pyridine rings is 1. The highest BCUT2D eigenvalue weighted by molar-refractivity contribution is 5.94. The maximum Gasteiger partial charge on any atom is 0.261 e. The molecular weight excluding hydrogens is 312 g/mol. The van der Waals surface area contributed by atoms with E-state index in [4.69, 9.17) is 0 Å². The summed E-state index contributed by atoms with van der Waals surface area (Å²) in [5.41, 5.74) is 3.68. The van der Waals surface area contributed by atoms with Crippen LogP contribution in [0, 0.1) is 0 Å². The van der Waals surface area contributed by atoms with Gasteiger partial charge in [-0.2, -0.15) is 0 Å². The average Bonchev–Trinajstić information content (AvgIpc) is 3.46. The largest absolute Gasteiger partial charge is 0.349 e. The number of aromatic amines is 1. The third-order valence-corrected chi connectivity index (χ3v) is 4.37. The van der Waals surface area contributed by atoms with Crippen LogP contribution in [0.2, 0.25) is 0 Å². The molecule has 1 aromatic heterocycles. The highest BCUT2D eigenvalue weighted by atomic mass is 16.2. The van der Waals surface area contributed by atoms with E-state index in [0.717, 1.165) is 29.5 Å². The van der Waals surface area contributed by atoms with Crippen molar-refractivity contribution in [3.05, 3.63) is 82.6 Å². The third-order valence-electron chi connectivity index (χ3n) is 4.37. The van der Waals surface area contributed by atoms with Gasteiger partial charge >= 0.3 is 0 Å². The topological polar surface area (TPSA) is 62.0 Å². The van der Waals surface area contributed by atoms with Crippen LogP contribution in [-0.4, -0.2) is 16.9 Å². The van der Waals surface area contributed by atoms with Gasteiger partial charge < -0.3 is 10.3 Å². The van der Waals surface area contributed by atoms with E-state index in [1.807, 2.05) is 42.5 Å². The van der Waals surface area contributed by atoms with E-state index >= 15 is 0 Å². The summed E-state index contributed by atoms with van der Waals surface area (Å²) in [6.45, 7) is 0. The van der Waals surface area contributed by atoms with Gasteiger partial charge in [0.2, 0.25) is 0 Å². The number of rotatable bonds is 4. The number of aromatic nitrogens is 1. The fraction of sp³-hybridized carbons (Fsp3) is 0.143. The number of hydrogen-bond donors (Lipinski definition) is 2. The van der Waals surface area contributed by atoms with Crippen LogP contribution in [0.4, 0.5) is 0 Å². The standard InChI is InChI=1S/C21H18N2O2/c24-20(22-17-10-11-17)18-12-13-19(23-21(18)25)16-8-6-15(7-9-16)14-4-2-1-3-5-14/h1-9,12-13,17H,10-11H2,(H,22,24)(H,23,25). The molecule has 1 fully saturated rings. The summed E-state index contributed by atoms with van der Waals surface area (Å²) in [6.07, 6.45) is 1.99. The summed E-state index contributed by atoms with van der Waals surface area (Å²) < 4.78 is 0. The van der Waals surface area contributed by atoms with Crippen LogP contribution in [0.25, 0.3) is 22.4 Å². The normalized spacial score (nSPS) is 13.4. The van der Waals surface area contributed by atoms with E-state index < -0.39 is 0 Å². The molecule has 4 nitrogen and oxygen atoms in total. The van der Waals surface area contributed by atoms with Crippen molar-refractivity contribution in [1.29, 1.82) is 0 Å². The van der Waals surface area contributed by atoms with Crippen molar-refractivity contribution in [3.63, 3.8) is 0 Å². The lowest BCUT2D eigenvalue weighted by Crippen LogP contribution is -2.31. The number of hydrogen-bond acceptors (Lipinski definition) is 2. The van der Waals surface area contributed by atoms with Gasteiger partial charge in [0.15, 0.2) is 0 Å². The van der Waals surface area contributed by atoms with E-state index in [9.17, 15) is 9.59 Å². The molecule has 1 heterocycles. The zero-order chi connectivity index (χ0) is 17.2. The molecule has 0 bridgehead atoms. The van der Waals surface area contributed by atoms with Gasteiger partial charge in [0.1, 0.15) is 5.56 Å². The Labute approximate surface area is 145 Å². The predicted octanol–water partition coefficient (Wildman–Crippen LogP) is 3.60. The summed E-state index contributed by atoms with van der Waals surface area (Å²) in [7, 11) is 0. The number of H-pyrrole nitrogens is 1. The Kier molecular flexibility index (Phi) is 3.94. The highest BCUT2D eigenvalue weighted by Gasteiger charge is 2.24. The molecule has 1 amide bonds. The number of amides is 1. The van der Waals surface area contributed by atoms with Gasteiger partial charge in [0.25, 0.3) is 11.5 Å². The average molecular weight is 330 g/mol. The van der Waals surface area contributed by atoms with Gasteiger partial charge in [-0.3, -0.25) is 9.59 Å². The number of benzene rings is 2. The molecule has 0 unspecified atom stereocenters. The predicted molar refractivity (Wildman–Crippen MR) is 98.4 cm³/mol. The molecule has 0 radical (unpaired) electrons. The Morgan fingerprint density at radius 2 is 1.48 bits per heavy atom. The van der Waals surface area contributed by atoms with Crippen molar-refractivity contribution < 1.29 is 4.79 Å². The first kappa shape index (κ1) is 15.4. The molecule has 1 aliphatic rings. The molecule has 2 N–H and O–H groups in total. The second-order valence-corrected chi connectivity index (χ2v) is 6.31. The lowest BCUT2D eigenvalue weighted by Gasteiger charge is -2.07. The Balaban J connectivity index is 1.58. The zero-order valence-corrected chi connectivity index (χ0v) is 13.7. The van der Waals surface area contributed by atoms with Crippen LogP contribution in [0.5, 0.6) is 0 Å². The van der Waals surface area contributed by atoms with E-state index in [0.29, 0.717) is 5.69 Å². The van der Waals surface area contributed by atoms with Crippen LogP contribution >= 0.6 is 0 Å². The first-order valence-corrected chi connectivity index (χ1v) is 8.41. The minimum atomic E-state index is -0.359. The Morgan fingerprint density at radius 3 is 2.12 bits per heavy atom. The maximum atomic E-state index is 12.2. The van der Waals surface area contributed by atoms with Crippen molar-refractivity contribution in [2.75, 3.05) is 0 Å². The minimum Gasteiger partial charge on any atom is -0.349 e. The van der Waals surface area contributed by atoms with Gasteiger partial charge in [-0.05, 0) is 41.7 Å². The van der Waals surface area contributed by atoms with Gasteiger partial charge in [-0.1, -0.05) is 54.6 Å². The SMILES string of the molecule is O=C(NC1CC1)c1ccc(-c2ccc(-c3ccccc3)cc2)[nH]c1=O. The molecule has 1 aliphatic carbocycles. The number of carbonyl (C=O) groups excluding carboxylic acids is 1. The summed E-state index contributed by atoms with van der Waals surface area (Å²) in [5.74, 6) is -0.297. The Bertz CT molecular complexity index is 955. The van der Waals surface area contributed by atoms with Gasteiger partial charge in [0.05, 0.1) is 0 Å². The van der Waals surface area contributed by atoms with Crippen molar-refractivity contribution in [1.82, 2.24) is 10.3 Å². The number of nitrogens with one attached hydrogen (secondary N) is 2. The lowest BCUT2D eigenvalue weighted by atomic mass is 10.0. The summed E-state index contributed by atoms with van der Waals surface area (Å²) >= 11 is 0. The Morgan fingerprint density at radius 1 is 0.840 bits per heavy atom. The summed E-state index contributed by atoms with van der Waals surface area (Å²) in [4.78, 5) is 27.1. The van der Waals surface area contributed by atoms with Crippen LogP contribution in [0.1, 0.15) is 23.2 Å². The van der Waals surface area contributed by atoms with Crippen LogP contribution < -0.4 is 10.9 Å². The smallest absolute Gasteiger partial charge is 0.261 e. The Hall–Kier alpha value is -3.14. The molecule has 4 heteroatoms. The molecule has 1 saturated carbocycles. The van der Waals surface area contributed by atoms with E-state index in [2.05, 4.69) is 22.4 Å². The van der Waals surface area contributed by atoms with Crippen molar-refractivity contribution in [3.8, 4) is 22.4 Å². The maximum absolute atomic E-state index is 12.2. The fourth-order valence-electron chi connectivity index (χ4n) is 2.78. The molecule has 4 rings (SSSR count). The third kappa shape index (κ3) is 3.38. The molecule has 0 spiro atoms. The number of carbonyl (C=O) groups is 1. The molecule has 25 heavy (non-hydrogen) atoms. The molecule has 0 atom stereocenters. The molecule has 0 aliphatic heterocycles. The van der Waals surface area contributed by atoms with Crippen LogP contribution in [-0.2, 0) is 0 Å². The van der Waals surface area contributed by atoms with Crippen molar-refractivity contribution in [2.45, 2.75) is 18.9 Å². The van der Waals surface area contributed by atoms with Gasteiger partial charge in [-0.25, -0.2) is 0 Å². The second kappa shape index (κ2) is 6.40. The minimum absolute atomic E-state index is 0.163. The summed E-state index contributed by atoms with van der Waals surface area (Å²) in [5, 5.41) is 2.84. The molecule has 2 aromatic carbocycles. The lowest BCUT2D eigenvalue weighted by molar-refractivity contribution is 0.0949. The zero-order valence-electron chi connectivity index (χ0n) is 13.7. The van der Waals surface area contributed by atoms with E-state index in [1.165, 1.54) is 0 Å². The van der Waals surface area contributed by atoms with Crippen molar-refractivity contribution in [2.24, 2.45) is 0 Å². The van der Waals surface area contributed by atoms with Gasteiger partial charge in [0, 0.05) is 11.7 Å². The highest BCUT2D eigenvalue weighted by Crippen LogP contribution is 2.23. The second-order valence-electron chi connectivity index (χ2n) is 6.31. The molecule has 0 saturated heterocycles. The fourth-order valence-corrected chi connectivity index (χ4v) is 2.78. The van der Waals surface area contributed by atoms with E-state index in [1.54, 1.807) is 12.1 Å². The molecule has 124 valence electrons. The first-order valence-electron chi connectivity index (χ1n) is 8.41. The monoisotopic (exact) mass is 330 g/mol. The van der Waals surface area contributed by atoms with Crippen molar-refractivity contribution >= 4 is 5.91 Å². The quantitative estimate of drug-likeness (QED) is 0.768. The van der Waals surface area contributed by atoms with Gasteiger partial charge in [-0.15, -0.1) is 0 Å². The van der Waals surface area contributed by atoms with Crippen LogP contribution in [0.3, 0.4) is 0 Å². The summed E-state index contributed by atoms with van der Waals surface area (Å²) in [6, 6.07) is 21.7. The van der Waals surface area contributed by atoms with E-state index in [-0.39, 0.29) is 23.1 Å². The first-order chi connectivity index (χ1) is 12.2. The molecule has 3 aromatic rings.